The van der Waals surface area contributed by atoms with Crippen LogP contribution in [0.5, 0.6) is 11.5 Å². The third kappa shape index (κ3) is 2.65. The average Bonchev–Trinajstić information content (AvgIpc) is 2.49. The van der Waals surface area contributed by atoms with E-state index in [1.54, 1.807) is 25.3 Å². The number of rotatable bonds is 4. The van der Waals surface area contributed by atoms with Crippen LogP contribution in [-0.2, 0) is 10.2 Å². The van der Waals surface area contributed by atoms with Crippen molar-refractivity contribution in [3.63, 3.8) is 0 Å². The van der Waals surface area contributed by atoms with Crippen molar-refractivity contribution in [1.29, 1.82) is 0 Å². The number of amides is 1. The summed E-state index contributed by atoms with van der Waals surface area (Å²) >= 11 is 0. The van der Waals surface area contributed by atoms with Crippen molar-refractivity contribution >= 4 is 11.6 Å². The smallest absolute Gasteiger partial charge is 0.235 e. The summed E-state index contributed by atoms with van der Waals surface area (Å²) < 4.78 is 5.45. The minimum atomic E-state index is -0.531. The van der Waals surface area contributed by atoms with Crippen LogP contribution in [0.15, 0.2) is 42.5 Å². The molecule has 0 aliphatic heterocycles. The lowest BCUT2D eigenvalue weighted by molar-refractivity contribution is -0.124. The lowest BCUT2D eigenvalue weighted by Gasteiger charge is -2.41. The van der Waals surface area contributed by atoms with Gasteiger partial charge in [0.25, 0.3) is 0 Å². The zero-order valence-corrected chi connectivity index (χ0v) is 13.4. The number of hydrogen-bond acceptors (Lipinski definition) is 3. The molecule has 4 heteroatoms. The van der Waals surface area contributed by atoms with Gasteiger partial charge in [0.15, 0.2) is 0 Å². The van der Waals surface area contributed by atoms with Crippen molar-refractivity contribution in [1.82, 2.24) is 0 Å². The summed E-state index contributed by atoms with van der Waals surface area (Å²) in [4.78, 5) is 13.0. The Kier molecular flexibility index (Phi) is 3.99. The molecule has 1 aliphatic carbocycles. The summed E-state index contributed by atoms with van der Waals surface area (Å²) in [5.74, 6) is 0.940. The highest BCUT2D eigenvalue weighted by Gasteiger charge is 2.47. The molecule has 2 N–H and O–H groups in total. The van der Waals surface area contributed by atoms with Crippen molar-refractivity contribution in [2.75, 3.05) is 12.4 Å². The van der Waals surface area contributed by atoms with Gasteiger partial charge in [-0.05, 0) is 49.6 Å². The van der Waals surface area contributed by atoms with Crippen LogP contribution in [-0.4, -0.2) is 18.1 Å². The third-order valence-electron chi connectivity index (χ3n) is 4.72. The Morgan fingerprint density at radius 1 is 1.22 bits per heavy atom. The van der Waals surface area contributed by atoms with Crippen LogP contribution in [0.1, 0.15) is 30.4 Å². The van der Waals surface area contributed by atoms with Gasteiger partial charge in [-0.25, -0.2) is 0 Å². The van der Waals surface area contributed by atoms with Crippen LogP contribution >= 0.6 is 0 Å². The third-order valence-corrected chi connectivity index (χ3v) is 4.72. The summed E-state index contributed by atoms with van der Waals surface area (Å²) in [6, 6.07) is 12.7. The van der Waals surface area contributed by atoms with Gasteiger partial charge in [0.2, 0.25) is 5.91 Å². The number of aryl methyl sites for hydroxylation is 1. The van der Waals surface area contributed by atoms with E-state index in [-0.39, 0.29) is 11.7 Å². The summed E-state index contributed by atoms with van der Waals surface area (Å²) in [6.07, 6.45) is 2.66. The molecule has 0 atom stereocenters. The molecule has 1 aliphatic rings. The van der Waals surface area contributed by atoms with Crippen LogP contribution in [0.3, 0.4) is 0 Å². The second kappa shape index (κ2) is 5.95. The fourth-order valence-electron chi connectivity index (χ4n) is 3.22. The summed E-state index contributed by atoms with van der Waals surface area (Å²) in [6.45, 7) is 1.87. The normalized spacial score (nSPS) is 15.6. The molecule has 0 spiro atoms. The Balaban J connectivity index is 1.92. The lowest BCUT2D eigenvalue weighted by Crippen LogP contribution is -2.46. The molecule has 4 nitrogen and oxygen atoms in total. The molecule has 1 saturated carbocycles. The standard InChI is InChI=1S/C19H21NO3/c1-13-12-14(21)8-9-16(13)20-18(22)19(10-5-11-19)15-6-3-4-7-17(15)23-2/h3-4,6-9,12,21H,5,10-11H2,1-2H3,(H,20,22). The van der Waals surface area contributed by atoms with E-state index >= 15 is 0 Å². The number of nitrogens with one attached hydrogen (secondary N) is 1. The highest BCUT2D eigenvalue weighted by atomic mass is 16.5. The minimum Gasteiger partial charge on any atom is -0.508 e. The molecule has 0 heterocycles. The number of ether oxygens (including phenoxy) is 1. The Labute approximate surface area is 136 Å². The number of anilines is 1. The summed E-state index contributed by atoms with van der Waals surface area (Å²) in [5, 5.41) is 12.5. The zero-order valence-electron chi connectivity index (χ0n) is 13.4. The predicted molar refractivity (Wildman–Crippen MR) is 90.0 cm³/mol. The molecule has 1 amide bonds. The van der Waals surface area contributed by atoms with E-state index in [4.69, 9.17) is 4.74 Å². The maximum atomic E-state index is 13.0. The SMILES string of the molecule is COc1ccccc1C1(C(=O)Nc2ccc(O)cc2C)CCC1. The van der Waals surface area contributed by atoms with E-state index in [1.807, 2.05) is 31.2 Å². The second-order valence-corrected chi connectivity index (χ2v) is 6.09. The number of benzene rings is 2. The number of phenols is 1. The fourth-order valence-corrected chi connectivity index (χ4v) is 3.22. The molecular formula is C19H21NO3. The summed E-state index contributed by atoms with van der Waals surface area (Å²) in [7, 11) is 1.63. The Bertz CT molecular complexity index is 735. The zero-order chi connectivity index (χ0) is 16.4. The minimum absolute atomic E-state index is 0.0120. The van der Waals surface area contributed by atoms with Gasteiger partial charge in [-0.3, -0.25) is 4.79 Å². The predicted octanol–water partition coefficient (Wildman–Crippen LogP) is 3.77. The van der Waals surface area contributed by atoms with E-state index in [2.05, 4.69) is 5.32 Å². The maximum absolute atomic E-state index is 13.0. The van der Waals surface area contributed by atoms with Gasteiger partial charge in [-0.1, -0.05) is 24.6 Å². The lowest BCUT2D eigenvalue weighted by atomic mass is 9.63. The Morgan fingerprint density at radius 3 is 2.57 bits per heavy atom. The van der Waals surface area contributed by atoms with E-state index < -0.39 is 5.41 Å². The van der Waals surface area contributed by atoms with Crippen LogP contribution in [0.4, 0.5) is 5.69 Å². The highest BCUT2D eigenvalue weighted by Crippen LogP contribution is 2.48. The molecule has 0 saturated heterocycles. The number of carbonyl (C=O) groups is 1. The molecule has 2 aromatic carbocycles. The topological polar surface area (TPSA) is 58.6 Å². The van der Waals surface area contributed by atoms with Crippen molar-refractivity contribution in [2.24, 2.45) is 0 Å². The summed E-state index contributed by atoms with van der Waals surface area (Å²) in [5.41, 5.74) is 1.99. The van der Waals surface area contributed by atoms with E-state index in [9.17, 15) is 9.90 Å². The van der Waals surface area contributed by atoms with E-state index in [0.29, 0.717) is 0 Å². The number of para-hydroxylation sites is 1. The monoisotopic (exact) mass is 311 g/mol. The Hall–Kier alpha value is -2.49. The van der Waals surface area contributed by atoms with Crippen LogP contribution < -0.4 is 10.1 Å². The first kappa shape index (κ1) is 15.4. The van der Waals surface area contributed by atoms with Crippen LogP contribution in [0, 0.1) is 6.92 Å². The molecule has 1 fully saturated rings. The number of methoxy groups -OCH3 is 1. The molecule has 2 aromatic rings. The molecule has 120 valence electrons. The highest BCUT2D eigenvalue weighted by molar-refractivity contribution is 6.00. The molecule has 3 rings (SSSR count). The quantitative estimate of drug-likeness (QED) is 0.845. The van der Waals surface area contributed by atoms with Crippen LogP contribution in [0.2, 0.25) is 0 Å². The van der Waals surface area contributed by atoms with Gasteiger partial charge in [0.1, 0.15) is 11.5 Å². The van der Waals surface area contributed by atoms with E-state index in [0.717, 1.165) is 41.8 Å². The van der Waals surface area contributed by atoms with Gasteiger partial charge in [0, 0.05) is 11.3 Å². The van der Waals surface area contributed by atoms with Gasteiger partial charge in [-0.15, -0.1) is 0 Å². The van der Waals surface area contributed by atoms with E-state index in [1.165, 1.54) is 0 Å². The molecule has 0 aromatic heterocycles. The average molecular weight is 311 g/mol. The molecule has 0 radical (unpaired) electrons. The first-order chi connectivity index (χ1) is 11.1. The molecule has 23 heavy (non-hydrogen) atoms. The number of phenolic OH excluding ortho intramolecular Hbond substituents is 1. The maximum Gasteiger partial charge on any atom is 0.235 e. The van der Waals surface area contributed by atoms with Gasteiger partial charge < -0.3 is 15.2 Å². The van der Waals surface area contributed by atoms with Gasteiger partial charge >= 0.3 is 0 Å². The van der Waals surface area contributed by atoms with Gasteiger partial charge in [0.05, 0.1) is 12.5 Å². The van der Waals surface area contributed by atoms with Crippen molar-refractivity contribution in [3.05, 3.63) is 53.6 Å². The Morgan fingerprint density at radius 2 is 1.96 bits per heavy atom. The molecule has 0 bridgehead atoms. The first-order valence-electron chi connectivity index (χ1n) is 7.81. The fraction of sp³-hybridized carbons (Fsp3) is 0.316. The first-order valence-corrected chi connectivity index (χ1v) is 7.81. The number of carbonyl (C=O) groups excluding carboxylic acids is 1. The van der Waals surface area contributed by atoms with Crippen molar-refractivity contribution < 1.29 is 14.6 Å². The number of aromatic hydroxyl groups is 1. The van der Waals surface area contributed by atoms with Gasteiger partial charge in [-0.2, -0.15) is 0 Å². The molecular weight excluding hydrogens is 290 g/mol. The second-order valence-electron chi connectivity index (χ2n) is 6.09. The van der Waals surface area contributed by atoms with Crippen molar-refractivity contribution in [3.8, 4) is 11.5 Å². The molecule has 0 unspecified atom stereocenters. The largest absolute Gasteiger partial charge is 0.508 e. The van der Waals surface area contributed by atoms with Crippen LogP contribution in [0.25, 0.3) is 0 Å². The number of hydrogen-bond donors (Lipinski definition) is 2. The van der Waals surface area contributed by atoms with Crippen molar-refractivity contribution in [2.45, 2.75) is 31.6 Å².